The first-order valence-corrected chi connectivity index (χ1v) is 9.36. The van der Waals surface area contributed by atoms with Crippen LogP contribution in [-0.4, -0.2) is 23.0 Å². The highest BCUT2D eigenvalue weighted by atomic mass is 16.7. The Balaban J connectivity index is 1.86. The Bertz CT molecular complexity index is 752. The van der Waals surface area contributed by atoms with Gasteiger partial charge in [0.25, 0.3) is 0 Å². The van der Waals surface area contributed by atoms with Gasteiger partial charge in [-0.05, 0) is 43.2 Å². The van der Waals surface area contributed by atoms with E-state index in [2.05, 4.69) is 10.2 Å². The number of fused-ring (bicyclic) bond motifs is 1. The summed E-state index contributed by atoms with van der Waals surface area (Å²) >= 11 is 0. The number of aliphatic carboxylic acids is 1. The number of nitrogens with two attached hydrogens (primary N) is 1. The number of carbonyl (C=O) groups excluding carboxylic acids is 2. The van der Waals surface area contributed by atoms with Crippen LogP contribution in [0.4, 0.5) is 5.69 Å². The van der Waals surface area contributed by atoms with Gasteiger partial charge in [-0.25, -0.2) is 4.79 Å². The summed E-state index contributed by atoms with van der Waals surface area (Å²) in [6.45, 7) is 3.76. The minimum absolute atomic E-state index is 0.171. The SMILES string of the molecule is CCC1(C(=O)ON)CC(CC(=O)Nc2ccccc2)C2C(C(=O)O)C21CC. The molecule has 0 aromatic heterocycles. The van der Waals surface area contributed by atoms with Crippen LogP contribution in [0.2, 0.25) is 0 Å². The van der Waals surface area contributed by atoms with Gasteiger partial charge in [0.1, 0.15) is 0 Å². The molecule has 1 aromatic rings. The van der Waals surface area contributed by atoms with Crippen molar-refractivity contribution in [2.45, 2.75) is 39.5 Å². The molecule has 1 aromatic carbocycles. The van der Waals surface area contributed by atoms with Crippen LogP contribution in [0.15, 0.2) is 30.3 Å². The first-order valence-electron chi connectivity index (χ1n) is 9.36. The van der Waals surface area contributed by atoms with Crippen LogP contribution in [0.25, 0.3) is 0 Å². The predicted molar refractivity (Wildman–Crippen MR) is 98.1 cm³/mol. The summed E-state index contributed by atoms with van der Waals surface area (Å²) in [7, 11) is 0. The third kappa shape index (κ3) is 2.72. The molecule has 2 fully saturated rings. The monoisotopic (exact) mass is 374 g/mol. The van der Waals surface area contributed by atoms with Crippen molar-refractivity contribution in [1.29, 1.82) is 0 Å². The molecule has 1 amide bonds. The van der Waals surface area contributed by atoms with Gasteiger partial charge in [0.05, 0.1) is 11.3 Å². The van der Waals surface area contributed by atoms with E-state index >= 15 is 0 Å². The standard InChI is InChI=1S/C20H26N2O5/c1-3-19(18(26)27-21)11-12(15-16(17(24)25)20(15,19)4-2)10-14(23)22-13-8-6-5-7-9-13/h5-9,12,15-16H,3-4,10-11,21H2,1-2H3,(H,22,23)(H,24,25). The summed E-state index contributed by atoms with van der Waals surface area (Å²) in [6, 6.07) is 9.10. The number of anilines is 1. The van der Waals surface area contributed by atoms with Gasteiger partial charge in [0.15, 0.2) is 0 Å². The highest BCUT2D eigenvalue weighted by Gasteiger charge is 2.83. The van der Waals surface area contributed by atoms with Gasteiger partial charge in [0, 0.05) is 17.5 Å². The molecule has 5 atom stereocenters. The number of hydrogen-bond acceptors (Lipinski definition) is 5. The fourth-order valence-corrected chi connectivity index (χ4v) is 5.89. The van der Waals surface area contributed by atoms with Crippen molar-refractivity contribution in [2.75, 3.05) is 5.32 Å². The molecule has 0 spiro atoms. The Morgan fingerprint density at radius 2 is 1.89 bits per heavy atom. The van der Waals surface area contributed by atoms with Crippen LogP contribution >= 0.6 is 0 Å². The molecule has 2 saturated carbocycles. The average molecular weight is 374 g/mol. The van der Waals surface area contributed by atoms with E-state index in [-0.39, 0.29) is 24.2 Å². The summed E-state index contributed by atoms with van der Waals surface area (Å²) in [6.07, 6.45) is 1.57. The van der Waals surface area contributed by atoms with Crippen molar-refractivity contribution in [3.63, 3.8) is 0 Å². The molecule has 2 aliphatic carbocycles. The summed E-state index contributed by atoms with van der Waals surface area (Å²) in [5.41, 5.74) is -0.958. The fourth-order valence-electron chi connectivity index (χ4n) is 5.89. The van der Waals surface area contributed by atoms with E-state index in [4.69, 9.17) is 5.90 Å². The van der Waals surface area contributed by atoms with E-state index in [0.29, 0.717) is 24.9 Å². The largest absolute Gasteiger partial charge is 0.481 e. The highest BCUT2D eigenvalue weighted by Crippen LogP contribution is 2.81. The molecule has 4 N–H and O–H groups in total. The molecule has 7 nitrogen and oxygen atoms in total. The molecule has 0 heterocycles. The quantitative estimate of drug-likeness (QED) is 0.631. The zero-order chi connectivity index (χ0) is 19.8. The number of carbonyl (C=O) groups is 3. The van der Waals surface area contributed by atoms with Gasteiger partial charge in [-0.3, -0.25) is 9.59 Å². The van der Waals surface area contributed by atoms with Crippen LogP contribution in [-0.2, 0) is 19.2 Å². The molecular weight excluding hydrogens is 348 g/mol. The Morgan fingerprint density at radius 1 is 1.22 bits per heavy atom. The van der Waals surface area contributed by atoms with E-state index < -0.39 is 28.7 Å². The maximum absolute atomic E-state index is 12.6. The van der Waals surface area contributed by atoms with E-state index in [1.807, 2.05) is 32.0 Å². The first-order chi connectivity index (χ1) is 12.9. The van der Waals surface area contributed by atoms with E-state index in [9.17, 15) is 19.5 Å². The van der Waals surface area contributed by atoms with Gasteiger partial charge in [-0.15, -0.1) is 0 Å². The molecule has 7 heteroatoms. The molecule has 27 heavy (non-hydrogen) atoms. The average Bonchev–Trinajstić information content (AvgIpc) is 3.29. The van der Waals surface area contributed by atoms with Crippen LogP contribution < -0.4 is 11.2 Å². The Morgan fingerprint density at radius 3 is 2.41 bits per heavy atom. The lowest BCUT2D eigenvalue weighted by Crippen LogP contribution is -2.42. The topological polar surface area (TPSA) is 119 Å². The summed E-state index contributed by atoms with van der Waals surface area (Å²) in [5.74, 6) is 2.47. The van der Waals surface area contributed by atoms with Crippen LogP contribution in [0.3, 0.4) is 0 Å². The smallest absolute Gasteiger partial charge is 0.331 e. The van der Waals surface area contributed by atoms with E-state index in [1.54, 1.807) is 12.1 Å². The number of para-hydroxylation sites is 1. The van der Waals surface area contributed by atoms with Gasteiger partial charge in [-0.2, -0.15) is 5.90 Å². The molecule has 0 radical (unpaired) electrons. The molecule has 0 saturated heterocycles. The third-order valence-corrected chi connectivity index (χ3v) is 6.87. The lowest BCUT2D eigenvalue weighted by molar-refractivity contribution is -0.164. The maximum atomic E-state index is 12.6. The second-order valence-electron chi connectivity index (χ2n) is 7.66. The lowest BCUT2D eigenvalue weighted by atomic mass is 9.67. The second-order valence-corrected chi connectivity index (χ2v) is 7.66. The lowest BCUT2D eigenvalue weighted by Gasteiger charge is -2.35. The number of rotatable bonds is 7. The van der Waals surface area contributed by atoms with Crippen molar-refractivity contribution in [3.05, 3.63) is 30.3 Å². The first kappa shape index (κ1) is 19.4. The zero-order valence-electron chi connectivity index (χ0n) is 15.6. The summed E-state index contributed by atoms with van der Waals surface area (Å²) in [4.78, 5) is 41.6. The number of hydrogen-bond donors (Lipinski definition) is 3. The number of carboxylic acid groups (broad SMARTS) is 1. The molecule has 0 bridgehead atoms. The Hall–Kier alpha value is -2.41. The fraction of sp³-hybridized carbons (Fsp3) is 0.550. The predicted octanol–water partition coefficient (Wildman–Crippen LogP) is 2.58. The van der Waals surface area contributed by atoms with Crippen molar-refractivity contribution in [3.8, 4) is 0 Å². The van der Waals surface area contributed by atoms with Gasteiger partial charge < -0.3 is 15.3 Å². The number of amides is 1. The molecular formula is C20H26N2O5. The van der Waals surface area contributed by atoms with Crippen LogP contribution in [0.1, 0.15) is 39.5 Å². The maximum Gasteiger partial charge on any atom is 0.331 e. The number of nitrogens with one attached hydrogen (secondary N) is 1. The second kappa shape index (κ2) is 6.96. The Labute approximate surface area is 158 Å². The van der Waals surface area contributed by atoms with Crippen LogP contribution in [0, 0.1) is 28.6 Å². The molecule has 5 unspecified atom stereocenters. The number of benzene rings is 1. The zero-order valence-corrected chi connectivity index (χ0v) is 15.6. The molecule has 2 aliphatic rings. The molecule has 3 rings (SSSR count). The molecule has 0 aliphatic heterocycles. The van der Waals surface area contributed by atoms with Gasteiger partial charge in [-0.1, -0.05) is 32.0 Å². The molecule has 146 valence electrons. The van der Waals surface area contributed by atoms with Crippen LogP contribution in [0.5, 0.6) is 0 Å². The van der Waals surface area contributed by atoms with E-state index in [0.717, 1.165) is 0 Å². The van der Waals surface area contributed by atoms with Crippen molar-refractivity contribution in [2.24, 2.45) is 34.5 Å². The summed E-state index contributed by atoms with van der Waals surface area (Å²) < 4.78 is 0. The number of carboxylic acids is 1. The van der Waals surface area contributed by atoms with Crippen molar-refractivity contribution in [1.82, 2.24) is 0 Å². The van der Waals surface area contributed by atoms with Crippen molar-refractivity contribution < 1.29 is 24.3 Å². The third-order valence-electron chi connectivity index (χ3n) is 6.87. The van der Waals surface area contributed by atoms with Gasteiger partial charge in [0.2, 0.25) is 5.91 Å². The van der Waals surface area contributed by atoms with E-state index in [1.165, 1.54) is 0 Å². The minimum Gasteiger partial charge on any atom is -0.481 e. The van der Waals surface area contributed by atoms with Gasteiger partial charge >= 0.3 is 11.9 Å². The minimum atomic E-state index is -0.956. The summed E-state index contributed by atoms with van der Waals surface area (Å²) in [5, 5.41) is 12.6. The highest BCUT2D eigenvalue weighted by molar-refractivity contribution is 5.92. The Kier molecular flexibility index (Phi) is 4.99. The normalized spacial score (nSPS) is 33.8. The van der Waals surface area contributed by atoms with Crippen molar-refractivity contribution >= 4 is 23.5 Å².